The molecule has 1 aromatic carbocycles. The second kappa shape index (κ2) is 5.39. The van der Waals surface area contributed by atoms with E-state index in [9.17, 15) is 14.4 Å². The van der Waals surface area contributed by atoms with Gasteiger partial charge in [-0.05, 0) is 5.56 Å². The van der Waals surface area contributed by atoms with Gasteiger partial charge in [0.05, 0.1) is 5.92 Å². The Hall–Kier alpha value is -2.90. The van der Waals surface area contributed by atoms with Crippen LogP contribution >= 0.6 is 0 Å². The van der Waals surface area contributed by atoms with E-state index in [1.54, 1.807) is 12.1 Å². The zero-order valence-electron chi connectivity index (χ0n) is 10.2. The third kappa shape index (κ3) is 2.91. The number of amides is 1. The van der Waals surface area contributed by atoms with E-state index < -0.39 is 23.6 Å². The number of hydrogen-bond donors (Lipinski definition) is 3. The van der Waals surface area contributed by atoms with Gasteiger partial charge in [-0.2, -0.15) is 0 Å². The topological polar surface area (TPSA) is 139 Å². The number of nitrogens with two attached hydrogens (primary N) is 1. The van der Waals surface area contributed by atoms with Crippen molar-refractivity contribution in [2.45, 2.75) is 12.3 Å². The number of H-pyrrole nitrogens is 1. The number of carbonyl (C=O) groups excluding carboxylic acids is 1. The molecule has 0 spiro atoms. The number of aromatic amines is 1. The van der Waals surface area contributed by atoms with Crippen LogP contribution in [0.4, 0.5) is 0 Å². The normalized spacial score (nSPS) is 12.0. The predicted molar refractivity (Wildman–Crippen MR) is 66.7 cm³/mol. The second-order valence-corrected chi connectivity index (χ2v) is 4.13. The number of rotatable bonds is 5. The van der Waals surface area contributed by atoms with Gasteiger partial charge in [0.25, 0.3) is 0 Å². The van der Waals surface area contributed by atoms with Crippen molar-refractivity contribution in [3.05, 3.63) is 40.4 Å². The molecule has 1 aromatic heterocycles. The Morgan fingerprint density at radius 2 is 2.00 bits per heavy atom. The van der Waals surface area contributed by atoms with Crippen molar-refractivity contribution in [2.24, 2.45) is 5.73 Å². The highest BCUT2D eigenvalue weighted by Crippen LogP contribution is 2.22. The molecule has 104 valence electrons. The average Bonchev–Trinajstić information content (AvgIpc) is 2.82. The van der Waals surface area contributed by atoms with E-state index >= 15 is 0 Å². The van der Waals surface area contributed by atoms with E-state index in [0.717, 1.165) is 0 Å². The van der Waals surface area contributed by atoms with Crippen molar-refractivity contribution < 1.29 is 19.2 Å². The second-order valence-electron chi connectivity index (χ2n) is 4.13. The van der Waals surface area contributed by atoms with Gasteiger partial charge in [0.1, 0.15) is 0 Å². The van der Waals surface area contributed by atoms with Crippen LogP contribution in [0.25, 0.3) is 11.4 Å². The zero-order valence-corrected chi connectivity index (χ0v) is 10.2. The van der Waals surface area contributed by atoms with E-state index in [1.807, 2.05) is 0 Å². The molecule has 1 heterocycles. The molecule has 20 heavy (non-hydrogen) atoms. The molecule has 0 fully saturated rings. The van der Waals surface area contributed by atoms with E-state index in [-0.39, 0.29) is 12.2 Å². The summed E-state index contributed by atoms with van der Waals surface area (Å²) in [6.07, 6.45) is -0.282. The maximum absolute atomic E-state index is 11.1. The van der Waals surface area contributed by atoms with Crippen molar-refractivity contribution >= 4 is 11.9 Å². The zero-order chi connectivity index (χ0) is 14.7. The molecule has 8 nitrogen and oxygen atoms in total. The Balaban J connectivity index is 2.28. The highest BCUT2D eigenvalue weighted by atomic mass is 16.5. The van der Waals surface area contributed by atoms with Crippen LogP contribution in [0.1, 0.15) is 17.9 Å². The van der Waals surface area contributed by atoms with E-state index in [2.05, 4.69) is 14.7 Å². The van der Waals surface area contributed by atoms with E-state index in [1.165, 1.54) is 12.1 Å². The molecular weight excluding hydrogens is 266 g/mol. The standard InChI is InChI=1S/C12H11N3O5/c13-9(16)5-8(11(17)18)6-1-3-7(4-2-6)10-14-12(19)20-15-10/h1-4,8H,5H2,(H2,13,16)(H,17,18)(H,14,15,19). The smallest absolute Gasteiger partial charge is 0.439 e. The summed E-state index contributed by atoms with van der Waals surface area (Å²) >= 11 is 0. The van der Waals surface area contributed by atoms with Gasteiger partial charge in [-0.15, -0.1) is 0 Å². The minimum atomic E-state index is -1.13. The quantitative estimate of drug-likeness (QED) is 0.706. The maximum atomic E-state index is 11.1. The number of primary amides is 1. The van der Waals surface area contributed by atoms with Gasteiger partial charge < -0.3 is 10.8 Å². The van der Waals surface area contributed by atoms with Gasteiger partial charge in [0.15, 0.2) is 5.82 Å². The molecule has 0 saturated carbocycles. The summed E-state index contributed by atoms with van der Waals surface area (Å²) in [7, 11) is 0. The number of nitrogens with one attached hydrogen (secondary N) is 1. The Morgan fingerprint density at radius 1 is 1.35 bits per heavy atom. The third-order valence-corrected chi connectivity index (χ3v) is 2.73. The van der Waals surface area contributed by atoms with Gasteiger partial charge in [-0.3, -0.25) is 19.1 Å². The van der Waals surface area contributed by atoms with Gasteiger partial charge >= 0.3 is 11.7 Å². The molecule has 0 bridgehead atoms. The van der Waals surface area contributed by atoms with Crippen molar-refractivity contribution in [3.8, 4) is 11.4 Å². The monoisotopic (exact) mass is 277 g/mol. The molecule has 0 aliphatic heterocycles. The third-order valence-electron chi connectivity index (χ3n) is 2.73. The van der Waals surface area contributed by atoms with Crippen LogP contribution in [0.2, 0.25) is 0 Å². The number of hydrogen-bond acceptors (Lipinski definition) is 5. The number of benzene rings is 1. The summed E-state index contributed by atoms with van der Waals surface area (Å²) < 4.78 is 4.37. The van der Waals surface area contributed by atoms with Crippen molar-refractivity contribution in [3.63, 3.8) is 0 Å². The van der Waals surface area contributed by atoms with Crippen LogP contribution in [0.5, 0.6) is 0 Å². The summed E-state index contributed by atoms with van der Waals surface area (Å²) in [4.78, 5) is 35.2. The molecule has 0 radical (unpaired) electrons. The molecule has 0 aliphatic rings. The van der Waals surface area contributed by atoms with Gasteiger partial charge in [0, 0.05) is 12.0 Å². The number of nitrogens with zero attached hydrogens (tertiary/aromatic N) is 1. The Labute approximate surface area is 112 Å². The summed E-state index contributed by atoms with van der Waals surface area (Å²) in [6, 6.07) is 6.20. The molecule has 1 atom stereocenters. The van der Waals surface area contributed by atoms with Crippen molar-refractivity contribution in [2.75, 3.05) is 0 Å². The van der Waals surface area contributed by atoms with Gasteiger partial charge in [0.2, 0.25) is 5.91 Å². The molecule has 0 saturated heterocycles. The molecular formula is C12H11N3O5. The van der Waals surface area contributed by atoms with Crippen LogP contribution < -0.4 is 11.5 Å². The SMILES string of the molecule is NC(=O)CC(C(=O)O)c1ccc(-c2noc(=O)[nH]2)cc1. The largest absolute Gasteiger partial charge is 0.481 e. The first-order valence-electron chi connectivity index (χ1n) is 5.65. The van der Waals surface area contributed by atoms with Gasteiger partial charge in [-0.25, -0.2) is 4.79 Å². The summed E-state index contributed by atoms with van der Waals surface area (Å²) in [5.41, 5.74) is 6.02. The summed E-state index contributed by atoms with van der Waals surface area (Å²) in [6.45, 7) is 0. The summed E-state index contributed by atoms with van der Waals surface area (Å²) in [5.74, 6) is -3.27. The predicted octanol–water partition coefficient (Wildman–Crippen LogP) is 0.0735. The lowest BCUT2D eigenvalue weighted by atomic mass is 9.94. The molecule has 4 N–H and O–H groups in total. The van der Waals surface area contributed by atoms with Crippen LogP contribution in [-0.2, 0) is 9.59 Å². The lowest BCUT2D eigenvalue weighted by molar-refractivity contribution is -0.140. The lowest BCUT2D eigenvalue weighted by Gasteiger charge is -2.10. The molecule has 0 aliphatic carbocycles. The minimum Gasteiger partial charge on any atom is -0.481 e. The first kappa shape index (κ1) is 13.5. The molecule has 2 aromatic rings. The number of aliphatic carboxylic acids is 1. The number of carbonyl (C=O) groups is 2. The van der Waals surface area contributed by atoms with Crippen LogP contribution in [-0.4, -0.2) is 27.1 Å². The highest BCUT2D eigenvalue weighted by Gasteiger charge is 2.22. The van der Waals surface area contributed by atoms with Crippen molar-refractivity contribution in [1.29, 1.82) is 0 Å². The molecule has 2 rings (SSSR count). The fraction of sp³-hybridized carbons (Fsp3) is 0.167. The fourth-order valence-electron chi connectivity index (χ4n) is 1.78. The molecule has 1 unspecified atom stereocenters. The fourth-order valence-corrected chi connectivity index (χ4v) is 1.78. The number of aromatic nitrogens is 2. The van der Waals surface area contributed by atoms with Gasteiger partial charge in [-0.1, -0.05) is 29.4 Å². The molecule has 8 heteroatoms. The Morgan fingerprint density at radius 3 is 2.45 bits per heavy atom. The van der Waals surface area contributed by atoms with Crippen LogP contribution in [0.15, 0.2) is 33.6 Å². The maximum Gasteiger partial charge on any atom is 0.439 e. The lowest BCUT2D eigenvalue weighted by Crippen LogP contribution is -2.20. The van der Waals surface area contributed by atoms with Crippen LogP contribution in [0, 0.1) is 0 Å². The highest BCUT2D eigenvalue weighted by molar-refractivity contribution is 5.84. The van der Waals surface area contributed by atoms with E-state index in [0.29, 0.717) is 11.1 Å². The Bertz CT molecular complexity index is 686. The number of carboxylic acids is 1. The number of carboxylic acid groups (broad SMARTS) is 1. The minimum absolute atomic E-state index is 0.239. The van der Waals surface area contributed by atoms with E-state index in [4.69, 9.17) is 10.8 Å². The Kier molecular flexibility index (Phi) is 3.65. The average molecular weight is 277 g/mol. The first-order chi connectivity index (χ1) is 9.47. The first-order valence-corrected chi connectivity index (χ1v) is 5.65. The molecule has 1 amide bonds. The van der Waals surface area contributed by atoms with Crippen molar-refractivity contribution in [1.82, 2.24) is 10.1 Å². The summed E-state index contributed by atoms with van der Waals surface area (Å²) in [5, 5.41) is 12.6. The van der Waals surface area contributed by atoms with Crippen LogP contribution in [0.3, 0.4) is 0 Å².